The van der Waals surface area contributed by atoms with Crippen molar-refractivity contribution in [3.63, 3.8) is 0 Å². The van der Waals surface area contributed by atoms with Crippen LogP contribution in [0.15, 0.2) is 0 Å². The highest BCUT2D eigenvalue weighted by molar-refractivity contribution is 5.84. The summed E-state index contributed by atoms with van der Waals surface area (Å²) in [5, 5.41) is 2.51. The third kappa shape index (κ3) is 4.81. The minimum atomic E-state index is -0.730. The van der Waals surface area contributed by atoms with Crippen molar-refractivity contribution in [3.8, 4) is 0 Å². The summed E-state index contributed by atoms with van der Waals surface area (Å²) in [6, 6.07) is -0.730. The Hall–Kier alpha value is -1.10. The minimum absolute atomic E-state index is 0.0521. The Kier molecular flexibility index (Phi) is 5.87. The van der Waals surface area contributed by atoms with E-state index in [1.807, 2.05) is 13.8 Å². The van der Waals surface area contributed by atoms with E-state index in [1.165, 1.54) is 7.11 Å². The van der Waals surface area contributed by atoms with Crippen molar-refractivity contribution in [2.45, 2.75) is 26.3 Å². The predicted molar refractivity (Wildman–Crippen MR) is 52.5 cm³/mol. The molecule has 0 saturated heterocycles. The molecular formula is C9H18N2O3. The van der Waals surface area contributed by atoms with Gasteiger partial charge in [-0.1, -0.05) is 13.8 Å². The molecule has 0 radical (unpaired) electrons. The lowest BCUT2D eigenvalue weighted by Crippen LogP contribution is -2.46. The lowest BCUT2D eigenvalue weighted by atomic mass is 10.1. The first-order chi connectivity index (χ1) is 6.51. The first-order valence-corrected chi connectivity index (χ1v) is 4.58. The summed E-state index contributed by atoms with van der Waals surface area (Å²) < 4.78 is 4.48. The Bertz CT molecular complexity index is 204. The maximum Gasteiger partial charge on any atom is 0.329 e. The Balaban J connectivity index is 4.05. The second-order valence-corrected chi connectivity index (χ2v) is 3.48. The van der Waals surface area contributed by atoms with Crippen LogP contribution in [0.5, 0.6) is 0 Å². The van der Waals surface area contributed by atoms with Crippen LogP contribution in [0.1, 0.15) is 20.3 Å². The quantitative estimate of drug-likeness (QED) is 0.597. The molecule has 0 unspecified atom stereocenters. The van der Waals surface area contributed by atoms with Crippen LogP contribution in [0.25, 0.3) is 0 Å². The Morgan fingerprint density at radius 2 is 2.00 bits per heavy atom. The van der Waals surface area contributed by atoms with Crippen molar-refractivity contribution in [3.05, 3.63) is 0 Å². The molecule has 0 saturated carbocycles. The molecule has 1 atom stereocenters. The summed E-state index contributed by atoms with van der Waals surface area (Å²) in [5.41, 5.74) is 5.31. The summed E-state index contributed by atoms with van der Waals surface area (Å²) in [6.07, 6.45) is 0.382. The molecule has 0 aromatic rings. The SMILES string of the molecule is COC(=O)[C@H](CN)NC(=O)CC(C)C. The van der Waals surface area contributed by atoms with Gasteiger partial charge in [0.05, 0.1) is 7.11 Å². The highest BCUT2D eigenvalue weighted by Gasteiger charge is 2.19. The van der Waals surface area contributed by atoms with Gasteiger partial charge in [-0.15, -0.1) is 0 Å². The van der Waals surface area contributed by atoms with Crippen molar-refractivity contribution in [2.24, 2.45) is 11.7 Å². The maximum atomic E-state index is 11.3. The second-order valence-electron chi connectivity index (χ2n) is 3.48. The molecule has 0 aromatic carbocycles. The fraction of sp³-hybridized carbons (Fsp3) is 0.778. The molecule has 0 spiro atoms. The first-order valence-electron chi connectivity index (χ1n) is 4.58. The zero-order valence-electron chi connectivity index (χ0n) is 8.87. The monoisotopic (exact) mass is 202 g/mol. The summed E-state index contributed by atoms with van der Waals surface area (Å²) in [4.78, 5) is 22.3. The molecule has 0 aliphatic rings. The number of esters is 1. The number of carbonyl (C=O) groups excluding carboxylic acids is 2. The fourth-order valence-corrected chi connectivity index (χ4v) is 0.980. The van der Waals surface area contributed by atoms with Gasteiger partial charge in [-0.05, 0) is 5.92 Å². The smallest absolute Gasteiger partial charge is 0.329 e. The Morgan fingerprint density at radius 1 is 1.43 bits per heavy atom. The molecule has 0 aromatic heterocycles. The molecule has 0 aliphatic carbocycles. The van der Waals surface area contributed by atoms with Crippen molar-refractivity contribution in [1.29, 1.82) is 0 Å². The average molecular weight is 202 g/mol. The van der Waals surface area contributed by atoms with Crippen LogP contribution >= 0.6 is 0 Å². The molecule has 5 heteroatoms. The van der Waals surface area contributed by atoms with Crippen LogP contribution in [-0.4, -0.2) is 31.6 Å². The van der Waals surface area contributed by atoms with Crippen molar-refractivity contribution in [1.82, 2.24) is 5.32 Å². The van der Waals surface area contributed by atoms with E-state index in [2.05, 4.69) is 10.1 Å². The van der Waals surface area contributed by atoms with E-state index in [9.17, 15) is 9.59 Å². The number of nitrogens with two attached hydrogens (primary N) is 1. The number of nitrogens with one attached hydrogen (secondary N) is 1. The number of ether oxygens (including phenoxy) is 1. The molecule has 0 heterocycles. The van der Waals surface area contributed by atoms with Gasteiger partial charge in [-0.2, -0.15) is 0 Å². The van der Waals surface area contributed by atoms with E-state index in [-0.39, 0.29) is 18.4 Å². The average Bonchev–Trinajstić information content (AvgIpc) is 2.11. The van der Waals surface area contributed by atoms with Crippen molar-refractivity contribution >= 4 is 11.9 Å². The third-order valence-corrected chi connectivity index (χ3v) is 1.65. The molecular weight excluding hydrogens is 184 g/mol. The molecule has 0 bridgehead atoms. The number of hydrogen-bond donors (Lipinski definition) is 2. The molecule has 0 rings (SSSR count). The van der Waals surface area contributed by atoms with Crippen LogP contribution < -0.4 is 11.1 Å². The molecule has 82 valence electrons. The van der Waals surface area contributed by atoms with E-state index in [4.69, 9.17) is 5.73 Å². The van der Waals surface area contributed by atoms with Gasteiger partial charge >= 0.3 is 5.97 Å². The van der Waals surface area contributed by atoms with Gasteiger partial charge in [-0.25, -0.2) is 4.79 Å². The number of methoxy groups -OCH3 is 1. The van der Waals surface area contributed by atoms with Gasteiger partial charge in [0, 0.05) is 13.0 Å². The zero-order valence-corrected chi connectivity index (χ0v) is 8.87. The van der Waals surface area contributed by atoms with Crippen LogP contribution in [0.4, 0.5) is 0 Å². The van der Waals surface area contributed by atoms with Crippen LogP contribution in [0, 0.1) is 5.92 Å². The summed E-state index contributed by atoms with van der Waals surface area (Å²) in [7, 11) is 1.26. The Labute approximate surface area is 84.0 Å². The van der Waals surface area contributed by atoms with Gasteiger partial charge in [0.1, 0.15) is 6.04 Å². The van der Waals surface area contributed by atoms with E-state index >= 15 is 0 Å². The van der Waals surface area contributed by atoms with E-state index < -0.39 is 12.0 Å². The number of amides is 1. The second kappa shape index (κ2) is 6.37. The summed E-state index contributed by atoms with van der Waals surface area (Å²) in [6.45, 7) is 3.90. The van der Waals surface area contributed by atoms with Crippen LogP contribution in [-0.2, 0) is 14.3 Å². The minimum Gasteiger partial charge on any atom is -0.467 e. The number of rotatable bonds is 5. The molecule has 0 fully saturated rings. The molecule has 14 heavy (non-hydrogen) atoms. The molecule has 0 aliphatic heterocycles. The largest absolute Gasteiger partial charge is 0.467 e. The van der Waals surface area contributed by atoms with E-state index in [0.717, 1.165) is 0 Å². The first kappa shape index (κ1) is 12.9. The third-order valence-electron chi connectivity index (χ3n) is 1.65. The fourth-order valence-electron chi connectivity index (χ4n) is 0.980. The standard InChI is InChI=1S/C9H18N2O3/c1-6(2)4-8(12)11-7(5-10)9(13)14-3/h6-7H,4-5,10H2,1-3H3,(H,11,12)/t7-/m0/s1. The normalized spacial score (nSPS) is 12.4. The van der Waals surface area contributed by atoms with Gasteiger partial charge in [0.2, 0.25) is 5.91 Å². The number of carbonyl (C=O) groups is 2. The van der Waals surface area contributed by atoms with Crippen LogP contribution in [0.3, 0.4) is 0 Å². The highest BCUT2D eigenvalue weighted by atomic mass is 16.5. The topological polar surface area (TPSA) is 81.4 Å². The van der Waals surface area contributed by atoms with Gasteiger partial charge in [0.25, 0.3) is 0 Å². The highest BCUT2D eigenvalue weighted by Crippen LogP contribution is 1.99. The lowest BCUT2D eigenvalue weighted by Gasteiger charge is -2.14. The lowest BCUT2D eigenvalue weighted by molar-refractivity contribution is -0.144. The molecule has 5 nitrogen and oxygen atoms in total. The zero-order chi connectivity index (χ0) is 11.1. The molecule has 1 amide bonds. The van der Waals surface area contributed by atoms with Crippen molar-refractivity contribution in [2.75, 3.05) is 13.7 Å². The van der Waals surface area contributed by atoms with Crippen LogP contribution in [0.2, 0.25) is 0 Å². The van der Waals surface area contributed by atoms with E-state index in [1.54, 1.807) is 0 Å². The van der Waals surface area contributed by atoms with Gasteiger partial charge in [-0.3, -0.25) is 4.79 Å². The Morgan fingerprint density at radius 3 is 2.36 bits per heavy atom. The van der Waals surface area contributed by atoms with Crippen molar-refractivity contribution < 1.29 is 14.3 Å². The summed E-state index contributed by atoms with van der Waals surface area (Å²) >= 11 is 0. The van der Waals surface area contributed by atoms with Gasteiger partial charge in [0.15, 0.2) is 0 Å². The maximum absolute atomic E-state index is 11.3. The predicted octanol–water partition coefficient (Wildman–Crippen LogP) is -0.351. The molecule has 3 N–H and O–H groups in total. The summed E-state index contributed by atoms with van der Waals surface area (Å²) in [5.74, 6) is -0.434. The number of hydrogen-bond acceptors (Lipinski definition) is 4. The van der Waals surface area contributed by atoms with Gasteiger partial charge < -0.3 is 15.8 Å². The van der Waals surface area contributed by atoms with E-state index in [0.29, 0.717) is 6.42 Å².